The predicted octanol–water partition coefficient (Wildman–Crippen LogP) is 2.36. The first-order valence-corrected chi connectivity index (χ1v) is 10.2. The highest BCUT2D eigenvalue weighted by Gasteiger charge is 2.32. The van der Waals surface area contributed by atoms with Crippen LogP contribution in [0.3, 0.4) is 0 Å². The van der Waals surface area contributed by atoms with Gasteiger partial charge in [-0.15, -0.1) is 0 Å². The molecule has 1 saturated heterocycles. The summed E-state index contributed by atoms with van der Waals surface area (Å²) in [4.78, 5) is 4.36. The molecule has 0 bridgehead atoms. The second-order valence-corrected chi connectivity index (χ2v) is 8.32. The molecule has 25 heavy (non-hydrogen) atoms. The van der Waals surface area contributed by atoms with E-state index in [0.29, 0.717) is 0 Å². The molecule has 1 fully saturated rings. The maximum Gasteiger partial charge on any atom is 0.191 e. The number of hydrogen-bond acceptors (Lipinski definition) is 4. The molecule has 0 aliphatic carbocycles. The lowest BCUT2D eigenvalue weighted by Gasteiger charge is -2.37. The van der Waals surface area contributed by atoms with Gasteiger partial charge >= 0.3 is 0 Å². The first kappa shape index (κ1) is 20.1. The third-order valence-electron chi connectivity index (χ3n) is 4.60. The fraction of sp³-hybridized carbons (Fsp3) is 0.778. The molecule has 142 valence electrons. The third kappa shape index (κ3) is 6.22. The third-order valence-corrected chi connectivity index (χ3v) is 6.05. The summed E-state index contributed by atoms with van der Waals surface area (Å²) in [6, 6.07) is 2.12. The lowest BCUT2D eigenvalue weighted by molar-refractivity contribution is 0.0782. The molecule has 7 heteroatoms. The number of aliphatic imine (C=N–C) groups is 1. The number of nitrogens with one attached hydrogen (secondary N) is 2. The number of aromatic nitrogens is 2. The van der Waals surface area contributed by atoms with E-state index in [1.54, 1.807) is 0 Å². The minimum Gasteiger partial charge on any atom is -0.381 e. The van der Waals surface area contributed by atoms with E-state index < -0.39 is 0 Å². The van der Waals surface area contributed by atoms with Gasteiger partial charge in [-0.25, -0.2) is 0 Å². The van der Waals surface area contributed by atoms with E-state index in [-0.39, 0.29) is 4.75 Å². The van der Waals surface area contributed by atoms with E-state index in [1.807, 2.05) is 25.7 Å². The molecule has 0 amide bonds. The van der Waals surface area contributed by atoms with Crippen LogP contribution in [0.2, 0.25) is 0 Å². The van der Waals surface area contributed by atoms with Crippen molar-refractivity contribution >= 4 is 17.7 Å². The fourth-order valence-electron chi connectivity index (χ4n) is 3.22. The highest BCUT2D eigenvalue weighted by atomic mass is 32.2. The molecule has 1 aromatic rings. The largest absolute Gasteiger partial charge is 0.381 e. The minimum atomic E-state index is 0.272. The van der Waals surface area contributed by atoms with Gasteiger partial charge in [-0.3, -0.25) is 9.67 Å². The summed E-state index contributed by atoms with van der Waals surface area (Å²) in [6.07, 6.45) is 3.23. The van der Waals surface area contributed by atoms with E-state index in [1.165, 1.54) is 5.69 Å². The van der Waals surface area contributed by atoms with Crippen LogP contribution < -0.4 is 10.6 Å². The summed E-state index contributed by atoms with van der Waals surface area (Å²) >= 11 is 2.04. The van der Waals surface area contributed by atoms with Crippen molar-refractivity contribution in [2.45, 2.75) is 51.3 Å². The Balaban J connectivity index is 1.73. The molecule has 0 aromatic carbocycles. The fourth-order valence-corrected chi connectivity index (χ4v) is 4.47. The van der Waals surface area contributed by atoms with Crippen LogP contribution in [-0.2, 0) is 11.3 Å². The van der Waals surface area contributed by atoms with Crippen molar-refractivity contribution in [3.63, 3.8) is 0 Å². The molecule has 2 N–H and O–H groups in total. The van der Waals surface area contributed by atoms with E-state index in [9.17, 15) is 0 Å². The lowest BCUT2D eigenvalue weighted by Crippen LogP contribution is -2.48. The highest BCUT2D eigenvalue weighted by Crippen LogP contribution is 2.34. The van der Waals surface area contributed by atoms with Crippen molar-refractivity contribution in [3.05, 3.63) is 17.5 Å². The number of rotatable bonds is 8. The van der Waals surface area contributed by atoms with Crippen LogP contribution in [0.25, 0.3) is 0 Å². The molecule has 6 nitrogen and oxygen atoms in total. The van der Waals surface area contributed by atoms with Gasteiger partial charge in [-0.2, -0.15) is 16.9 Å². The minimum absolute atomic E-state index is 0.272. The molecule has 0 radical (unpaired) electrons. The summed E-state index contributed by atoms with van der Waals surface area (Å²) in [6.45, 7) is 10.8. The molecule has 1 aromatic heterocycles. The van der Waals surface area contributed by atoms with E-state index in [4.69, 9.17) is 4.74 Å². The number of guanidine groups is 1. The summed E-state index contributed by atoms with van der Waals surface area (Å²) < 4.78 is 7.89. The van der Waals surface area contributed by atoms with Gasteiger partial charge in [-0.05, 0) is 44.9 Å². The summed E-state index contributed by atoms with van der Waals surface area (Å²) in [5, 5.41) is 11.4. The highest BCUT2D eigenvalue weighted by molar-refractivity contribution is 8.00. The number of aryl methyl sites for hydroxylation is 3. The average molecular weight is 368 g/mol. The van der Waals surface area contributed by atoms with Crippen molar-refractivity contribution < 1.29 is 4.74 Å². The van der Waals surface area contributed by atoms with Crippen LogP contribution in [0, 0.1) is 13.8 Å². The Morgan fingerprint density at radius 3 is 2.72 bits per heavy atom. The quantitative estimate of drug-likeness (QED) is 0.420. The van der Waals surface area contributed by atoms with Gasteiger partial charge in [0.1, 0.15) is 0 Å². The van der Waals surface area contributed by atoms with E-state index >= 15 is 0 Å². The van der Waals surface area contributed by atoms with Crippen molar-refractivity contribution in [1.29, 1.82) is 0 Å². The Labute approximate surface area is 156 Å². The molecule has 2 heterocycles. The van der Waals surface area contributed by atoms with Gasteiger partial charge in [0.05, 0.1) is 5.69 Å². The molecule has 2 rings (SSSR count). The molecule has 0 spiro atoms. The van der Waals surface area contributed by atoms with Crippen molar-refractivity contribution in [2.75, 3.05) is 39.1 Å². The molecular formula is C18H33N5OS. The van der Waals surface area contributed by atoms with Gasteiger partial charge in [0.2, 0.25) is 0 Å². The Kier molecular flexibility index (Phi) is 8.09. The topological polar surface area (TPSA) is 63.5 Å². The molecule has 1 aliphatic heterocycles. The smallest absolute Gasteiger partial charge is 0.191 e. The van der Waals surface area contributed by atoms with E-state index in [0.717, 1.165) is 69.5 Å². The van der Waals surface area contributed by atoms with Crippen molar-refractivity contribution in [2.24, 2.45) is 4.99 Å². The molecule has 0 unspecified atom stereocenters. The number of nitrogens with zero attached hydrogens (tertiary/aromatic N) is 3. The Morgan fingerprint density at radius 1 is 1.36 bits per heavy atom. The zero-order valence-corrected chi connectivity index (χ0v) is 16.9. The summed E-state index contributed by atoms with van der Waals surface area (Å²) in [5.74, 6) is 2.02. The van der Waals surface area contributed by atoms with Crippen molar-refractivity contribution in [3.8, 4) is 0 Å². The summed E-state index contributed by atoms with van der Waals surface area (Å²) in [7, 11) is 1.83. The van der Waals surface area contributed by atoms with Crippen molar-refractivity contribution in [1.82, 2.24) is 20.4 Å². The Bertz CT molecular complexity index is 546. The van der Waals surface area contributed by atoms with Gasteiger partial charge < -0.3 is 15.4 Å². The standard InChI is InChI=1S/C18H33N5OS/c1-5-25-18(7-11-24-12-8-18)14-21-17(19-4)20-9-6-10-23-16(3)13-15(2)22-23/h13H,5-12,14H2,1-4H3,(H2,19,20,21). The van der Waals surface area contributed by atoms with Gasteiger partial charge in [-0.1, -0.05) is 6.92 Å². The maximum absolute atomic E-state index is 5.54. The van der Waals surface area contributed by atoms with Crippen LogP contribution in [0.4, 0.5) is 0 Å². The zero-order valence-electron chi connectivity index (χ0n) is 16.1. The number of hydrogen-bond donors (Lipinski definition) is 2. The molecule has 1 aliphatic rings. The van der Waals surface area contributed by atoms with Gasteiger partial charge in [0, 0.05) is 50.3 Å². The van der Waals surface area contributed by atoms with Crippen LogP contribution in [-0.4, -0.2) is 59.6 Å². The van der Waals surface area contributed by atoms with Gasteiger partial charge in [0.25, 0.3) is 0 Å². The van der Waals surface area contributed by atoms with Crippen LogP contribution in [0.15, 0.2) is 11.1 Å². The number of ether oxygens (including phenoxy) is 1. The first-order valence-electron chi connectivity index (χ1n) is 9.26. The normalized spacial score (nSPS) is 17.5. The monoisotopic (exact) mass is 367 g/mol. The lowest BCUT2D eigenvalue weighted by atomic mass is 9.99. The Hall–Kier alpha value is -1.21. The van der Waals surface area contributed by atoms with Crippen LogP contribution in [0.5, 0.6) is 0 Å². The van der Waals surface area contributed by atoms with Crippen LogP contribution in [0.1, 0.15) is 37.6 Å². The SMILES string of the molecule is CCSC1(CNC(=NC)NCCCn2nc(C)cc2C)CCOCC1. The first-order chi connectivity index (χ1) is 12.1. The Morgan fingerprint density at radius 2 is 2.12 bits per heavy atom. The second kappa shape index (κ2) is 10.1. The van der Waals surface area contributed by atoms with E-state index in [2.05, 4.69) is 45.3 Å². The average Bonchev–Trinajstić information content (AvgIpc) is 2.93. The predicted molar refractivity (Wildman–Crippen MR) is 107 cm³/mol. The second-order valence-electron chi connectivity index (χ2n) is 6.58. The molecule has 0 atom stereocenters. The zero-order chi connectivity index (χ0) is 18.1. The maximum atomic E-state index is 5.54. The summed E-state index contributed by atoms with van der Waals surface area (Å²) in [5.41, 5.74) is 2.30. The molecule has 0 saturated carbocycles. The molecular weight excluding hydrogens is 334 g/mol. The number of thioether (sulfide) groups is 1. The van der Waals surface area contributed by atoms with Gasteiger partial charge in [0.15, 0.2) is 5.96 Å². The van der Waals surface area contributed by atoms with Crippen LogP contribution >= 0.6 is 11.8 Å².